The van der Waals surface area contributed by atoms with Crippen LogP contribution in [0.25, 0.3) is 20.3 Å². The number of carbonyl (C=O) groups is 1. The molecule has 0 fully saturated rings. The Labute approximate surface area is 221 Å². The Hall–Kier alpha value is -2.50. The van der Waals surface area contributed by atoms with Crippen molar-refractivity contribution in [2.45, 2.75) is 13.8 Å². The standard InChI is InChI=1S/C23H23ClN4O4S2.ClH/c1-4-26(5-2)10-11-27(23-25-20-17(32-3)8-7-16(24)21(20)34-23)22(29)19-13-14-12-15(28(30)31)6-9-18(14)33-19;/h6-9,12-13H,4-5,10-11H2,1-3H3;1H. The molecule has 186 valence electrons. The van der Waals surface area contributed by atoms with E-state index >= 15 is 0 Å². The molecule has 0 saturated heterocycles. The lowest BCUT2D eigenvalue weighted by atomic mass is 10.2. The van der Waals surface area contributed by atoms with Crippen molar-refractivity contribution in [3.05, 3.63) is 56.4 Å². The number of ether oxygens (including phenoxy) is 1. The van der Waals surface area contributed by atoms with Gasteiger partial charge in [-0.3, -0.25) is 19.8 Å². The number of likely N-dealkylation sites (N-methyl/N-ethyl adjacent to an activating group) is 1. The number of non-ortho nitro benzene ring substituents is 1. The molecule has 0 bridgehead atoms. The van der Waals surface area contributed by atoms with E-state index in [1.54, 1.807) is 36.3 Å². The first-order valence-electron chi connectivity index (χ1n) is 10.7. The van der Waals surface area contributed by atoms with Crippen LogP contribution in [0.4, 0.5) is 10.8 Å². The maximum Gasteiger partial charge on any atom is 0.270 e. The molecule has 4 rings (SSSR count). The van der Waals surface area contributed by atoms with Crippen LogP contribution in [-0.4, -0.2) is 54.0 Å². The van der Waals surface area contributed by atoms with E-state index in [1.165, 1.54) is 34.8 Å². The first kappa shape index (κ1) is 27.1. The Bertz CT molecular complexity index is 1370. The second kappa shape index (κ2) is 11.5. The van der Waals surface area contributed by atoms with Gasteiger partial charge in [-0.1, -0.05) is 36.8 Å². The lowest BCUT2D eigenvalue weighted by Crippen LogP contribution is -2.38. The summed E-state index contributed by atoms with van der Waals surface area (Å²) in [5.74, 6) is 0.386. The summed E-state index contributed by atoms with van der Waals surface area (Å²) in [4.78, 5) is 33.6. The molecule has 0 saturated carbocycles. The van der Waals surface area contributed by atoms with Crippen LogP contribution in [0.15, 0.2) is 36.4 Å². The van der Waals surface area contributed by atoms with Gasteiger partial charge in [0.1, 0.15) is 11.3 Å². The number of hydrogen-bond donors (Lipinski definition) is 0. The number of nitrogens with zero attached hydrogens (tertiary/aromatic N) is 4. The van der Waals surface area contributed by atoms with E-state index < -0.39 is 4.92 Å². The third-order valence-electron chi connectivity index (χ3n) is 5.60. The highest BCUT2D eigenvalue weighted by molar-refractivity contribution is 7.23. The van der Waals surface area contributed by atoms with Gasteiger partial charge in [-0.15, -0.1) is 23.7 Å². The van der Waals surface area contributed by atoms with Crippen LogP contribution < -0.4 is 9.64 Å². The van der Waals surface area contributed by atoms with Gasteiger partial charge in [0.05, 0.1) is 26.6 Å². The second-order valence-electron chi connectivity index (χ2n) is 7.50. The number of methoxy groups -OCH3 is 1. The maximum absolute atomic E-state index is 13.7. The van der Waals surface area contributed by atoms with E-state index in [0.29, 0.717) is 44.8 Å². The van der Waals surface area contributed by atoms with Gasteiger partial charge < -0.3 is 9.64 Å². The molecule has 12 heteroatoms. The summed E-state index contributed by atoms with van der Waals surface area (Å²) in [6, 6.07) is 9.84. The SMILES string of the molecule is CCN(CC)CCN(C(=O)c1cc2cc([N+](=O)[O-])ccc2s1)c1nc2c(OC)ccc(Cl)c2s1.Cl. The average Bonchev–Trinajstić information content (AvgIpc) is 3.46. The number of amides is 1. The van der Waals surface area contributed by atoms with Crippen LogP contribution in [0.1, 0.15) is 23.5 Å². The topological polar surface area (TPSA) is 88.8 Å². The highest BCUT2D eigenvalue weighted by Crippen LogP contribution is 2.39. The van der Waals surface area contributed by atoms with Crippen molar-refractivity contribution < 1.29 is 14.5 Å². The highest BCUT2D eigenvalue weighted by Gasteiger charge is 2.25. The number of nitro groups is 1. The molecular weight excluding hydrogens is 531 g/mol. The van der Waals surface area contributed by atoms with Crippen LogP contribution in [0.2, 0.25) is 5.02 Å². The van der Waals surface area contributed by atoms with Crippen LogP contribution >= 0.6 is 46.7 Å². The lowest BCUT2D eigenvalue weighted by Gasteiger charge is -2.24. The molecule has 0 aliphatic rings. The number of halogens is 2. The average molecular weight is 556 g/mol. The van der Waals surface area contributed by atoms with Gasteiger partial charge in [-0.05, 0) is 37.4 Å². The van der Waals surface area contributed by atoms with Crippen molar-refractivity contribution in [3.8, 4) is 5.75 Å². The second-order valence-corrected chi connectivity index (χ2v) is 9.97. The first-order valence-corrected chi connectivity index (χ1v) is 12.7. The number of fused-ring (bicyclic) bond motifs is 2. The molecule has 0 unspecified atom stereocenters. The van der Waals surface area contributed by atoms with Crippen molar-refractivity contribution in [1.82, 2.24) is 9.88 Å². The molecule has 2 aromatic carbocycles. The molecule has 0 atom stereocenters. The fourth-order valence-corrected chi connectivity index (χ4v) is 5.94. The Morgan fingerprint density at radius 3 is 2.54 bits per heavy atom. The van der Waals surface area contributed by atoms with Gasteiger partial charge in [0.2, 0.25) is 0 Å². The summed E-state index contributed by atoms with van der Waals surface area (Å²) in [7, 11) is 1.57. The smallest absolute Gasteiger partial charge is 0.270 e. The number of aromatic nitrogens is 1. The third-order valence-corrected chi connectivity index (χ3v) is 8.24. The maximum atomic E-state index is 13.7. The van der Waals surface area contributed by atoms with Crippen molar-refractivity contribution in [1.29, 1.82) is 0 Å². The molecule has 2 heterocycles. The van der Waals surface area contributed by atoms with E-state index in [4.69, 9.17) is 21.3 Å². The van der Waals surface area contributed by atoms with Crippen molar-refractivity contribution in [2.75, 3.05) is 38.2 Å². The quantitative estimate of drug-likeness (QED) is 0.173. The number of thiophene rings is 1. The summed E-state index contributed by atoms with van der Waals surface area (Å²) in [6.45, 7) is 7.01. The predicted octanol–water partition coefficient (Wildman–Crippen LogP) is 6.49. The van der Waals surface area contributed by atoms with Crippen molar-refractivity contribution >= 4 is 83.7 Å². The first-order chi connectivity index (χ1) is 16.4. The molecule has 0 aliphatic heterocycles. The molecule has 8 nitrogen and oxygen atoms in total. The third kappa shape index (κ3) is 5.52. The fraction of sp³-hybridized carbons (Fsp3) is 0.304. The molecule has 0 aliphatic carbocycles. The van der Waals surface area contributed by atoms with Gasteiger partial charge in [-0.25, -0.2) is 4.98 Å². The summed E-state index contributed by atoms with van der Waals surface area (Å²) in [5.41, 5.74) is 0.609. The zero-order valence-electron chi connectivity index (χ0n) is 19.3. The Balaban J connectivity index is 0.00000342. The Kier molecular flexibility index (Phi) is 8.89. The fourth-order valence-electron chi connectivity index (χ4n) is 3.67. The van der Waals surface area contributed by atoms with Gasteiger partial charge in [0.15, 0.2) is 5.13 Å². The summed E-state index contributed by atoms with van der Waals surface area (Å²) in [6.07, 6.45) is 0. The largest absolute Gasteiger partial charge is 0.494 e. The number of rotatable bonds is 9. The number of thiazole rings is 1. The number of hydrogen-bond acceptors (Lipinski definition) is 8. The molecule has 1 amide bonds. The van der Waals surface area contributed by atoms with Crippen molar-refractivity contribution in [2.24, 2.45) is 0 Å². The van der Waals surface area contributed by atoms with Crippen LogP contribution in [0.5, 0.6) is 5.75 Å². The van der Waals surface area contributed by atoms with E-state index in [2.05, 4.69) is 18.7 Å². The molecule has 0 spiro atoms. The van der Waals surface area contributed by atoms with Gasteiger partial charge >= 0.3 is 0 Å². The minimum absolute atomic E-state index is 0. The van der Waals surface area contributed by atoms with Gasteiger partial charge in [0.25, 0.3) is 11.6 Å². The number of nitro benzene ring substituents is 1. The zero-order chi connectivity index (χ0) is 24.4. The summed E-state index contributed by atoms with van der Waals surface area (Å²) >= 11 is 9.07. The minimum Gasteiger partial charge on any atom is -0.494 e. The lowest BCUT2D eigenvalue weighted by molar-refractivity contribution is -0.384. The molecule has 0 radical (unpaired) electrons. The number of benzene rings is 2. The molecule has 0 N–H and O–H groups in total. The monoisotopic (exact) mass is 554 g/mol. The highest BCUT2D eigenvalue weighted by atomic mass is 35.5. The van der Waals surface area contributed by atoms with Crippen LogP contribution in [0.3, 0.4) is 0 Å². The molecule has 2 aromatic heterocycles. The van der Waals surface area contributed by atoms with E-state index in [-0.39, 0.29) is 24.0 Å². The summed E-state index contributed by atoms with van der Waals surface area (Å²) in [5, 5.41) is 12.9. The Morgan fingerprint density at radius 1 is 1.14 bits per heavy atom. The van der Waals surface area contributed by atoms with E-state index in [9.17, 15) is 14.9 Å². The Morgan fingerprint density at radius 2 is 1.89 bits per heavy atom. The van der Waals surface area contributed by atoms with E-state index in [1.807, 2.05) is 0 Å². The zero-order valence-corrected chi connectivity index (χ0v) is 22.5. The number of carbonyl (C=O) groups excluding carboxylic acids is 1. The predicted molar refractivity (Wildman–Crippen MR) is 146 cm³/mol. The van der Waals surface area contributed by atoms with Crippen LogP contribution in [0, 0.1) is 10.1 Å². The molecule has 4 aromatic rings. The van der Waals surface area contributed by atoms with Gasteiger partial charge in [-0.2, -0.15) is 0 Å². The minimum atomic E-state index is -0.437. The van der Waals surface area contributed by atoms with E-state index in [0.717, 1.165) is 22.5 Å². The van der Waals surface area contributed by atoms with Gasteiger partial charge in [0, 0.05) is 35.3 Å². The normalized spacial score (nSPS) is 11.1. The number of anilines is 1. The summed E-state index contributed by atoms with van der Waals surface area (Å²) < 4.78 is 7.01. The molecule has 35 heavy (non-hydrogen) atoms. The van der Waals surface area contributed by atoms with Crippen molar-refractivity contribution in [3.63, 3.8) is 0 Å². The van der Waals surface area contributed by atoms with Crippen LogP contribution in [-0.2, 0) is 0 Å². The molecular formula is C23H24Cl2N4O4S2.